The third-order valence-electron chi connectivity index (χ3n) is 3.99. The number of rotatable bonds is 6. The number of aromatic nitrogens is 1. The summed E-state index contributed by atoms with van der Waals surface area (Å²) in [5, 5.41) is 4.77. The first-order valence-electron chi connectivity index (χ1n) is 7.24. The smallest absolute Gasteiger partial charge is 0.222 e. The van der Waals surface area contributed by atoms with Crippen LogP contribution in [0.15, 0.2) is 30.5 Å². The van der Waals surface area contributed by atoms with Crippen molar-refractivity contribution in [3.63, 3.8) is 0 Å². The quantitative estimate of drug-likeness (QED) is 0.844. The molecule has 1 aliphatic rings. The lowest BCUT2D eigenvalue weighted by Gasteiger charge is -2.13. The molecule has 3 N–H and O–H groups in total. The molecule has 0 radical (unpaired) electrons. The maximum absolute atomic E-state index is 11.3. The zero-order valence-electron chi connectivity index (χ0n) is 11.8. The van der Waals surface area contributed by atoms with Crippen molar-refractivity contribution in [2.24, 2.45) is 11.7 Å². The van der Waals surface area contributed by atoms with E-state index in [9.17, 15) is 4.79 Å². The van der Waals surface area contributed by atoms with Gasteiger partial charge >= 0.3 is 0 Å². The Kier molecular flexibility index (Phi) is 3.49. The van der Waals surface area contributed by atoms with Crippen molar-refractivity contribution >= 4 is 16.8 Å². The van der Waals surface area contributed by atoms with Crippen molar-refractivity contribution in [3.05, 3.63) is 36.0 Å². The van der Waals surface area contributed by atoms with Crippen molar-refractivity contribution in [2.75, 3.05) is 0 Å². The van der Waals surface area contributed by atoms with Crippen LogP contribution in [0.5, 0.6) is 0 Å². The van der Waals surface area contributed by atoms with Gasteiger partial charge in [-0.25, -0.2) is 0 Å². The summed E-state index contributed by atoms with van der Waals surface area (Å²) >= 11 is 0. The highest BCUT2D eigenvalue weighted by molar-refractivity contribution is 5.84. The summed E-state index contributed by atoms with van der Waals surface area (Å²) in [5.74, 6) is -0.407. The largest absolute Gasteiger partial charge is 0.369 e. The van der Waals surface area contributed by atoms with E-state index in [1.807, 2.05) is 13.1 Å². The highest BCUT2D eigenvalue weighted by Crippen LogP contribution is 2.24. The number of amides is 1. The van der Waals surface area contributed by atoms with Gasteiger partial charge in [-0.1, -0.05) is 25.1 Å². The highest BCUT2D eigenvalue weighted by atomic mass is 16.1. The van der Waals surface area contributed by atoms with Gasteiger partial charge in [-0.3, -0.25) is 4.79 Å². The fourth-order valence-corrected chi connectivity index (χ4v) is 2.56. The van der Waals surface area contributed by atoms with Gasteiger partial charge in [0.25, 0.3) is 0 Å². The van der Waals surface area contributed by atoms with Crippen LogP contribution in [0.3, 0.4) is 0 Å². The Labute approximate surface area is 118 Å². The maximum atomic E-state index is 11.3. The molecule has 0 aliphatic heterocycles. The first-order chi connectivity index (χ1) is 9.65. The Morgan fingerprint density at radius 2 is 2.25 bits per heavy atom. The monoisotopic (exact) mass is 271 g/mol. The minimum absolute atomic E-state index is 0.157. The van der Waals surface area contributed by atoms with Crippen molar-refractivity contribution in [1.29, 1.82) is 0 Å². The van der Waals surface area contributed by atoms with Crippen LogP contribution < -0.4 is 11.1 Å². The SMILES string of the molecule is CC(Cn1ccc2cccc(CNC3CC3)c21)C(N)=O. The van der Waals surface area contributed by atoms with Crippen LogP contribution in [0.25, 0.3) is 10.9 Å². The van der Waals surface area contributed by atoms with Crippen LogP contribution in [0.1, 0.15) is 25.3 Å². The molecule has 1 saturated carbocycles. The summed E-state index contributed by atoms with van der Waals surface area (Å²) in [7, 11) is 0. The number of benzene rings is 1. The molecule has 1 aromatic heterocycles. The molecular weight excluding hydrogens is 250 g/mol. The predicted molar refractivity (Wildman–Crippen MR) is 80.2 cm³/mol. The lowest BCUT2D eigenvalue weighted by atomic mass is 10.1. The second-order valence-electron chi connectivity index (χ2n) is 5.78. The summed E-state index contributed by atoms with van der Waals surface area (Å²) < 4.78 is 2.15. The van der Waals surface area contributed by atoms with Crippen molar-refractivity contribution in [3.8, 4) is 0 Å². The van der Waals surface area contributed by atoms with Crippen LogP contribution in [0, 0.1) is 5.92 Å². The second kappa shape index (κ2) is 5.29. The lowest BCUT2D eigenvalue weighted by molar-refractivity contribution is -0.121. The molecule has 1 aliphatic carbocycles. The van der Waals surface area contributed by atoms with E-state index in [1.54, 1.807) is 0 Å². The number of carbonyl (C=O) groups is 1. The molecular formula is C16H21N3O. The molecule has 1 heterocycles. The molecule has 20 heavy (non-hydrogen) atoms. The first kappa shape index (κ1) is 13.2. The number of hydrogen-bond donors (Lipinski definition) is 2. The van der Waals surface area contributed by atoms with Crippen molar-refractivity contribution < 1.29 is 4.79 Å². The summed E-state index contributed by atoms with van der Waals surface area (Å²) in [4.78, 5) is 11.3. The number of hydrogen-bond acceptors (Lipinski definition) is 2. The molecule has 106 valence electrons. The number of para-hydroxylation sites is 1. The molecule has 1 amide bonds. The topological polar surface area (TPSA) is 60.1 Å². The highest BCUT2D eigenvalue weighted by Gasteiger charge is 2.20. The minimum atomic E-state index is -0.250. The average Bonchev–Trinajstić information content (AvgIpc) is 3.17. The van der Waals surface area contributed by atoms with Crippen LogP contribution in [0.2, 0.25) is 0 Å². The predicted octanol–water partition coefficient (Wildman–Crippen LogP) is 2.01. The van der Waals surface area contributed by atoms with Crippen LogP contribution in [0.4, 0.5) is 0 Å². The van der Waals surface area contributed by atoms with Crippen molar-refractivity contribution in [1.82, 2.24) is 9.88 Å². The fraction of sp³-hybridized carbons (Fsp3) is 0.438. The Balaban J connectivity index is 1.89. The number of primary amides is 1. The Hall–Kier alpha value is -1.81. The fourth-order valence-electron chi connectivity index (χ4n) is 2.56. The molecule has 4 nitrogen and oxygen atoms in total. The summed E-state index contributed by atoms with van der Waals surface area (Å²) in [5.41, 5.74) is 7.88. The molecule has 3 rings (SSSR count). The van der Waals surface area contributed by atoms with E-state index in [0.717, 1.165) is 6.54 Å². The molecule has 0 saturated heterocycles. The van der Waals surface area contributed by atoms with E-state index in [0.29, 0.717) is 12.6 Å². The zero-order valence-corrected chi connectivity index (χ0v) is 11.8. The first-order valence-corrected chi connectivity index (χ1v) is 7.24. The van der Waals surface area contributed by atoms with Crippen LogP contribution in [-0.4, -0.2) is 16.5 Å². The van der Waals surface area contributed by atoms with E-state index in [2.05, 4.69) is 34.1 Å². The third kappa shape index (κ3) is 2.70. The van der Waals surface area contributed by atoms with Gasteiger partial charge in [0.15, 0.2) is 0 Å². The van der Waals surface area contributed by atoms with E-state index in [-0.39, 0.29) is 11.8 Å². The Morgan fingerprint density at radius 3 is 2.95 bits per heavy atom. The molecule has 1 aromatic carbocycles. The number of nitrogens with one attached hydrogen (secondary N) is 1. The summed E-state index contributed by atoms with van der Waals surface area (Å²) in [6, 6.07) is 9.15. The van der Waals surface area contributed by atoms with E-state index < -0.39 is 0 Å². The second-order valence-corrected chi connectivity index (χ2v) is 5.78. The average molecular weight is 271 g/mol. The van der Waals surface area contributed by atoms with Gasteiger partial charge in [-0.2, -0.15) is 0 Å². The van der Waals surface area contributed by atoms with Gasteiger partial charge in [0.1, 0.15) is 0 Å². The lowest BCUT2D eigenvalue weighted by Crippen LogP contribution is -2.24. The number of nitrogens with two attached hydrogens (primary N) is 1. The molecule has 1 atom stereocenters. The molecule has 4 heteroatoms. The third-order valence-corrected chi connectivity index (χ3v) is 3.99. The summed E-state index contributed by atoms with van der Waals surface area (Å²) in [6.45, 7) is 3.40. The molecule has 0 spiro atoms. The molecule has 1 fully saturated rings. The standard InChI is InChI=1S/C16H21N3O/c1-11(16(17)20)10-19-8-7-12-3-2-4-13(15(12)19)9-18-14-5-6-14/h2-4,7-8,11,14,18H,5-6,9-10H2,1H3,(H2,17,20). The van der Waals surface area contributed by atoms with E-state index in [1.165, 1.54) is 29.3 Å². The van der Waals surface area contributed by atoms with Gasteiger partial charge in [-0.15, -0.1) is 0 Å². The van der Waals surface area contributed by atoms with Crippen molar-refractivity contribution in [2.45, 2.75) is 38.9 Å². The van der Waals surface area contributed by atoms with Gasteiger partial charge in [0.2, 0.25) is 5.91 Å². The molecule has 0 bridgehead atoms. The maximum Gasteiger partial charge on any atom is 0.222 e. The van der Waals surface area contributed by atoms with Gasteiger partial charge < -0.3 is 15.6 Å². The number of carbonyl (C=O) groups excluding carboxylic acids is 1. The zero-order chi connectivity index (χ0) is 14.1. The van der Waals surface area contributed by atoms with E-state index >= 15 is 0 Å². The minimum Gasteiger partial charge on any atom is -0.369 e. The number of fused-ring (bicyclic) bond motifs is 1. The van der Waals surface area contributed by atoms with Gasteiger partial charge in [0, 0.05) is 25.3 Å². The number of nitrogens with zero attached hydrogens (tertiary/aromatic N) is 1. The molecule has 2 aromatic rings. The van der Waals surface area contributed by atoms with Crippen LogP contribution >= 0.6 is 0 Å². The van der Waals surface area contributed by atoms with Gasteiger partial charge in [-0.05, 0) is 29.9 Å². The van der Waals surface area contributed by atoms with Crippen LogP contribution in [-0.2, 0) is 17.9 Å². The van der Waals surface area contributed by atoms with Gasteiger partial charge in [0.05, 0.1) is 11.4 Å². The molecule has 1 unspecified atom stereocenters. The Morgan fingerprint density at radius 1 is 1.45 bits per heavy atom. The van der Waals surface area contributed by atoms with E-state index in [4.69, 9.17) is 5.73 Å². The normalized spacial score (nSPS) is 16.4. The summed E-state index contributed by atoms with van der Waals surface area (Å²) in [6.07, 6.45) is 4.62. The Bertz CT molecular complexity index is 628.